The summed E-state index contributed by atoms with van der Waals surface area (Å²) in [6.45, 7) is 2.51. The summed E-state index contributed by atoms with van der Waals surface area (Å²) in [5, 5.41) is 8.80. The Kier molecular flexibility index (Phi) is 6.30. The molecule has 0 aromatic carbocycles. The van der Waals surface area contributed by atoms with E-state index in [9.17, 15) is 21.6 Å². The molecule has 1 aromatic rings. The maximum Gasteiger partial charge on any atom is 0.441 e. The van der Waals surface area contributed by atoms with E-state index in [4.69, 9.17) is 0 Å². The van der Waals surface area contributed by atoms with E-state index in [0.29, 0.717) is 18.7 Å². The highest BCUT2D eigenvalue weighted by Gasteiger charge is 2.28. The molecule has 1 heterocycles. The van der Waals surface area contributed by atoms with E-state index < -0.39 is 15.5 Å². The van der Waals surface area contributed by atoms with Gasteiger partial charge in [-0.3, -0.25) is 5.10 Å². The summed E-state index contributed by atoms with van der Waals surface area (Å²) in [7, 11) is -3.88. The lowest BCUT2D eigenvalue weighted by molar-refractivity contribution is -0.0327. The van der Waals surface area contributed by atoms with Gasteiger partial charge in [-0.05, 0) is 18.3 Å². The Labute approximate surface area is 118 Å². The molecule has 1 rings (SSSR count). The van der Waals surface area contributed by atoms with E-state index >= 15 is 0 Å². The molecule has 0 radical (unpaired) electrons. The molecule has 0 aliphatic rings. The van der Waals surface area contributed by atoms with Gasteiger partial charge in [0.15, 0.2) is 5.03 Å². The van der Waals surface area contributed by atoms with Crippen LogP contribution in [0.5, 0.6) is 0 Å². The SMILES string of the molecule is CCNCc1cn[nH]c1S(=O)(=O)NCCSC(F)(F)F. The average Bonchev–Trinajstić information content (AvgIpc) is 2.80. The molecule has 0 spiro atoms. The van der Waals surface area contributed by atoms with Gasteiger partial charge in [0.25, 0.3) is 10.0 Å². The third-order valence-corrected chi connectivity index (χ3v) is 4.38. The van der Waals surface area contributed by atoms with Crippen molar-refractivity contribution in [2.45, 2.75) is 24.0 Å². The van der Waals surface area contributed by atoms with E-state index in [1.807, 2.05) is 6.92 Å². The summed E-state index contributed by atoms with van der Waals surface area (Å²) in [6.07, 6.45) is 1.36. The number of sulfonamides is 1. The van der Waals surface area contributed by atoms with Gasteiger partial charge >= 0.3 is 5.51 Å². The molecule has 0 saturated carbocycles. The van der Waals surface area contributed by atoms with Gasteiger partial charge in [0.1, 0.15) is 0 Å². The molecule has 3 N–H and O–H groups in total. The van der Waals surface area contributed by atoms with Crippen molar-refractivity contribution in [3.63, 3.8) is 0 Å². The third kappa shape index (κ3) is 5.69. The first-order chi connectivity index (χ1) is 9.26. The Morgan fingerprint density at radius 1 is 1.45 bits per heavy atom. The molecule has 0 bridgehead atoms. The molecular weight excluding hydrogens is 317 g/mol. The van der Waals surface area contributed by atoms with Crippen LogP contribution in [0.4, 0.5) is 13.2 Å². The minimum absolute atomic E-state index is 0.129. The number of nitrogens with one attached hydrogen (secondary N) is 3. The van der Waals surface area contributed by atoms with Crippen LogP contribution in [-0.4, -0.2) is 43.0 Å². The Morgan fingerprint density at radius 2 is 2.15 bits per heavy atom. The minimum atomic E-state index is -4.37. The van der Waals surface area contributed by atoms with Gasteiger partial charge in [0.2, 0.25) is 0 Å². The maximum absolute atomic E-state index is 11.9. The number of halogens is 3. The van der Waals surface area contributed by atoms with Crippen molar-refractivity contribution in [3.8, 4) is 0 Å². The van der Waals surface area contributed by atoms with E-state index in [1.165, 1.54) is 6.20 Å². The van der Waals surface area contributed by atoms with Crippen molar-refractivity contribution in [3.05, 3.63) is 11.8 Å². The molecule has 116 valence electrons. The fourth-order valence-corrected chi connectivity index (χ4v) is 3.06. The minimum Gasteiger partial charge on any atom is -0.313 e. The standard InChI is InChI=1S/C9H15F3N4O2S2/c1-2-13-5-7-6-14-16-8(7)20(17,18)15-3-4-19-9(10,11)12/h6,13,15H,2-5H2,1H3,(H,14,16). The molecule has 0 amide bonds. The van der Waals surface area contributed by atoms with Crippen molar-refractivity contribution in [1.29, 1.82) is 0 Å². The fourth-order valence-electron chi connectivity index (χ4n) is 1.33. The summed E-state index contributed by atoms with van der Waals surface area (Å²) in [5.74, 6) is -0.389. The van der Waals surface area contributed by atoms with Gasteiger partial charge in [0.05, 0.1) is 6.20 Å². The lowest BCUT2D eigenvalue weighted by Crippen LogP contribution is -2.28. The molecule has 0 aliphatic heterocycles. The first-order valence-electron chi connectivity index (χ1n) is 5.69. The highest BCUT2D eigenvalue weighted by atomic mass is 32.2. The normalized spacial score (nSPS) is 12.8. The summed E-state index contributed by atoms with van der Waals surface area (Å²) in [6, 6.07) is 0. The smallest absolute Gasteiger partial charge is 0.313 e. The molecule has 6 nitrogen and oxygen atoms in total. The number of rotatable bonds is 8. The van der Waals surface area contributed by atoms with Crippen LogP contribution in [0.3, 0.4) is 0 Å². The van der Waals surface area contributed by atoms with Gasteiger partial charge in [-0.15, -0.1) is 0 Å². The van der Waals surface area contributed by atoms with E-state index in [1.54, 1.807) is 0 Å². The number of thioether (sulfide) groups is 1. The first-order valence-corrected chi connectivity index (χ1v) is 8.16. The van der Waals surface area contributed by atoms with E-state index in [-0.39, 0.29) is 29.1 Å². The predicted molar refractivity (Wildman–Crippen MR) is 69.7 cm³/mol. The molecule has 0 aliphatic carbocycles. The monoisotopic (exact) mass is 332 g/mol. The zero-order valence-corrected chi connectivity index (χ0v) is 12.3. The van der Waals surface area contributed by atoms with Crippen LogP contribution in [0.15, 0.2) is 11.2 Å². The van der Waals surface area contributed by atoms with Gasteiger partial charge in [-0.2, -0.15) is 18.3 Å². The van der Waals surface area contributed by atoms with Gasteiger partial charge in [-0.1, -0.05) is 6.92 Å². The van der Waals surface area contributed by atoms with Gasteiger partial charge < -0.3 is 5.32 Å². The van der Waals surface area contributed by atoms with Crippen molar-refractivity contribution in [2.24, 2.45) is 0 Å². The quantitative estimate of drug-likeness (QED) is 0.620. The Bertz CT molecular complexity index is 516. The zero-order chi connectivity index (χ0) is 15.2. The molecule has 0 unspecified atom stereocenters. The number of hydrogen-bond donors (Lipinski definition) is 3. The van der Waals surface area contributed by atoms with Crippen LogP contribution < -0.4 is 10.0 Å². The lowest BCUT2D eigenvalue weighted by atomic mass is 10.3. The second kappa shape index (κ2) is 7.29. The van der Waals surface area contributed by atoms with Crippen molar-refractivity contribution in [1.82, 2.24) is 20.2 Å². The van der Waals surface area contributed by atoms with Crippen LogP contribution >= 0.6 is 11.8 Å². The van der Waals surface area contributed by atoms with Crippen LogP contribution in [-0.2, 0) is 16.6 Å². The number of alkyl halides is 3. The number of nitrogens with zero attached hydrogens (tertiary/aromatic N) is 1. The molecule has 11 heteroatoms. The molecule has 0 fully saturated rings. The topological polar surface area (TPSA) is 86.9 Å². The second-order valence-corrected chi connectivity index (χ2v) is 6.56. The lowest BCUT2D eigenvalue weighted by Gasteiger charge is -2.08. The molecule has 0 atom stereocenters. The van der Waals surface area contributed by atoms with Crippen LogP contribution in [0.1, 0.15) is 12.5 Å². The third-order valence-electron chi connectivity index (χ3n) is 2.17. The Balaban J connectivity index is 2.58. The highest BCUT2D eigenvalue weighted by molar-refractivity contribution is 8.00. The van der Waals surface area contributed by atoms with Crippen LogP contribution in [0.25, 0.3) is 0 Å². The second-order valence-electron chi connectivity index (χ2n) is 3.70. The summed E-state index contributed by atoms with van der Waals surface area (Å²) in [5.41, 5.74) is -3.93. The van der Waals surface area contributed by atoms with Crippen LogP contribution in [0, 0.1) is 0 Å². The first kappa shape index (κ1) is 17.3. The number of H-pyrrole nitrogens is 1. The zero-order valence-electron chi connectivity index (χ0n) is 10.6. The molecule has 20 heavy (non-hydrogen) atoms. The number of aromatic nitrogens is 2. The van der Waals surface area contributed by atoms with Crippen molar-refractivity contribution in [2.75, 3.05) is 18.8 Å². The fraction of sp³-hybridized carbons (Fsp3) is 0.667. The van der Waals surface area contributed by atoms with E-state index in [0.717, 1.165) is 0 Å². The summed E-state index contributed by atoms with van der Waals surface area (Å²) in [4.78, 5) is 0. The highest BCUT2D eigenvalue weighted by Crippen LogP contribution is 2.29. The molecule has 0 saturated heterocycles. The maximum atomic E-state index is 11.9. The van der Waals surface area contributed by atoms with E-state index in [2.05, 4.69) is 20.2 Å². The van der Waals surface area contributed by atoms with Crippen molar-refractivity contribution >= 4 is 21.8 Å². The Hall–Kier alpha value is -0.780. The molecule has 1 aromatic heterocycles. The largest absolute Gasteiger partial charge is 0.441 e. The average molecular weight is 332 g/mol. The van der Waals surface area contributed by atoms with Gasteiger partial charge in [-0.25, -0.2) is 13.1 Å². The van der Waals surface area contributed by atoms with Gasteiger partial charge in [0, 0.05) is 24.4 Å². The van der Waals surface area contributed by atoms with Crippen LogP contribution in [0.2, 0.25) is 0 Å². The summed E-state index contributed by atoms with van der Waals surface area (Å²) < 4.78 is 61.6. The van der Waals surface area contributed by atoms with Crippen molar-refractivity contribution < 1.29 is 21.6 Å². The number of hydrogen-bond acceptors (Lipinski definition) is 5. The number of aromatic amines is 1. The summed E-state index contributed by atoms with van der Waals surface area (Å²) >= 11 is -0.276. The predicted octanol–water partition coefficient (Wildman–Crippen LogP) is 1.05. The Morgan fingerprint density at radius 3 is 2.75 bits per heavy atom. The molecular formula is C9H15F3N4O2S2.